The maximum atomic E-state index is 12.6. The van der Waals surface area contributed by atoms with E-state index in [1.54, 1.807) is 6.08 Å². The summed E-state index contributed by atoms with van der Waals surface area (Å²) in [7, 11) is 2.25. The molecule has 122 valence electrons. The SMILES string of the molecule is O=C1C=C[C@@]2(O)[C@H]3Cc4ccc(OP)c5c4[C@@]2(CCI3P)[C@H]1O5. The van der Waals surface area contributed by atoms with E-state index in [4.69, 9.17) is 9.26 Å². The zero-order chi connectivity index (χ0) is 16.0. The second kappa shape index (κ2) is 4.69. The first-order chi connectivity index (χ1) is 11.0. The van der Waals surface area contributed by atoms with Gasteiger partial charge in [0.15, 0.2) is 0 Å². The van der Waals surface area contributed by atoms with E-state index in [1.165, 1.54) is 11.6 Å². The summed E-state index contributed by atoms with van der Waals surface area (Å²) in [5, 5.41) is 11.7. The van der Waals surface area contributed by atoms with Gasteiger partial charge in [-0.25, -0.2) is 0 Å². The van der Waals surface area contributed by atoms with Crippen LogP contribution in [0.1, 0.15) is 17.5 Å². The summed E-state index contributed by atoms with van der Waals surface area (Å²) in [5.41, 5.74) is 0.646. The molecule has 2 aliphatic carbocycles. The molecule has 1 N–H and O–H groups in total. The van der Waals surface area contributed by atoms with Gasteiger partial charge in [0.1, 0.15) is 0 Å². The Bertz CT molecular complexity index is 782. The summed E-state index contributed by atoms with van der Waals surface area (Å²) in [6.07, 6.45) is 4.37. The van der Waals surface area contributed by atoms with E-state index < -0.39 is 36.4 Å². The van der Waals surface area contributed by atoms with Crippen LogP contribution >= 0.6 is 35.6 Å². The van der Waals surface area contributed by atoms with Gasteiger partial charge in [0.05, 0.1) is 0 Å². The zero-order valence-electron chi connectivity index (χ0n) is 12.3. The summed E-state index contributed by atoms with van der Waals surface area (Å²) in [4.78, 5) is 12.6. The molecule has 6 atom stereocenters. The van der Waals surface area contributed by atoms with E-state index in [-0.39, 0.29) is 9.71 Å². The van der Waals surface area contributed by atoms with E-state index in [9.17, 15) is 9.90 Å². The molecule has 1 spiro atoms. The number of ketones is 1. The van der Waals surface area contributed by atoms with Crippen molar-refractivity contribution in [1.29, 1.82) is 0 Å². The molecule has 1 fully saturated rings. The molecule has 4 nitrogen and oxygen atoms in total. The molecule has 2 unspecified atom stereocenters. The minimum absolute atomic E-state index is 0.0433. The molecular weight excluding hydrogens is 445 g/mol. The Kier molecular flexibility index (Phi) is 3.07. The van der Waals surface area contributed by atoms with Crippen molar-refractivity contribution in [2.24, 2.45) is 0 Å². The second-order valence-corrected chi connectivity index (χ2v) is 15.7. The predicted molar refractivity (Wildman–Crippen MR) is 103 cm³/mol. The van der Waals surface area contributed by atoms with Crippen LogP contribution in [0.3, 0.4) is 0 Å². The molecule has 0 saturated carbocycles. The summed E-state index contributed by atoms with van der Waals surface area (Å²) in [6, 6.07) is 4.00. The van der Waals surface area contributed by atoms with Crippen molar-refractivity contribution in [1.82, 2.24) is 0 Å². The van der Waals surface area contributed by atoms with Crippen LogP contribution in [0, 0.1) is 0 Å². The average molecular weight is 462 g/mol. The van der Waals surface area contributed by atoms with Crippen LogP contribution in [-0.4, -0.2) is 30.9 Å². The fraction of sp³-hybridized carbons (Fsp3) is 0.438. The monoisotopic (exact) mass is 462 g/mol. The first-order valence-corrected chi connectivity index (χ1v) is 15.0. The van der Waals surface area contributed by atoms with Crippen molar-refractivity contribution in [2.75, 3.05) is 4.43 Å². The number of ether oxygens (including phenoxy) is 1. The first-order valence-electron chi connectivity index (χ1n) is 7.56. The quantitative estimate of drug-likeness (QED) is 0.396. The van der Waals surface area contributed by atoms with Crippen LogP contribution in [0.4, 0.5) is 0 Å². The van der Waals surface area contributed by atoms with Crippen LogP contribution < -0.4 is 9.26 Å². The number of hydrogen-bond donors (Lipinski definition) is 1. The van der Waals surface area contributed by atoms with E-state index in [0.29, 0.717) is 11.5 Å². The fourth-order valence-electron chi connectivity index (χ4n) is 4.87. The summed E-state index contributed by atoms with van der Waals surface area (Å²) < 4.78 is 12.9. The van der Waals surface area contributed by atoms with Gasteiger partial charge >= 0.3 is 146 Å². The molecule has 23 heavy (non-hydrogen) atoms. The standard InChI is InChI=1S/C16H17IO4P2/c18-9-3-4-16(19)11-7-8-1-2-10(21-23)13-12(8)15(16,14(9)20-13)5-6-17(11)22/h1-4,11,14,19H,5-7,22-23H2/t11-,14+,15+,16-/m1/s1. The normalized spacial score (nSPS) is 40.7. The Morgan fingerprint density at radius 2 is 2.26 bits per heavy atom. The van der Waals surface area contributed by atoms with Gasteiger partial charge in [-0.3, -0.25) is 0 Å². The molecule has 1 aromatic carbocycles. The van der Waals surface area contributed by atoms with E-state index >= 15 is 0 Å². The Labute approximate surface area is 145 Å². The molecule has 5 rings (SSSR count). The topological polar surface area (TPSA) is 55.8 Å². The third-order valence-electron chi connectivity index (χ3n) is 5.86. The first kappa shape index (κ1) is 15.1. The molecule has 7 heteroatoms. The van der Waals surface area contributed by atoms with Gasteiger partial charge in [-0.2, -0.15) is 0 Å². The number of carbonyl (C=O) groups is 1. The van der Waals surface area contributed by atoms with Gasteiger partial charge < -0.3 is 0 Å². The number of aliphatic hydroxyl groups is 1. The van der Waals surface area contributed by atoms with E-state index in [2.05, 4.69) is 22.4 Å². The van der Waals surface area contributed by atoms with Crippen LogP contribution in [0.25, 0.3) is 0 Å². The van der Waals surface area contributed by atoms with Crippen molar-refractivity contribution in [3.05, 3.63) is 35.4 Å². The Morgan fingerprint density at radius 3 is 3.04 bits per heavy atom. The molecule has 1 saturated heterocycles. The van der Waals surface area contributed by atoms with E-state index in [1.807, 2.05) is 6.07 Å². The van der Waals surface area contributed by atoms with Gasteiger partial charge in [-0.05, 0) is 0 Å². The Hall–Kier alpha value is -0.220. The number of benzene rings is 1. The molecular formula is C16H17IO4P2. The number of hydrogen-bond acceptors (Lipinski definition) is 4. The third-order valence-corrected chi connectivity index (χ3v) is 14.7. The number of alkyl halides is 2. The number of carbonyl (C=O) groups excluding carboxylic acids is 1. The second-order valence-electron chi connectivity index (χ2n) is 6.62. The van der Waals surface area contributed by atoms with Crippen LogP contribution in [0.5, 0.6) is 11.5 Å². The van der Waals surface area contributed by atoms with Gasteiger partial charge in [0, 0.05) is 0 Å². The van der Waals surface area contributed by atoms with Crippen molar-refractivity contribution in [3.8, 4) is 11.5 Å². The molecule has 0 radical (unpaired) electrons. The van der Waals surface area contributed by atoms with E-state index in [0.717, 1.165) is 22.8 Å². The Balaban J connectivity index is 1.89. The van der Waals surface area contributed by atoms with Gasteiger partial charge in [-0.1, -0.05) is 0 Å². The molecule has 0 aromatic heterocycles. The number of rotatable bonds is 1. The molecule has 2 heterocycles. The predicted octanol–water partition coefficient (Wildman–Crippen LogP) is 2.35. The number of halogens is 1. The zero-order valence-corrected chi connectivity index (χ0v) is 16.8. The third kappa shape index (κ3) is 1.57. The average Bonchev–Trinajstić information content (AvgIpc) is 2.90. The van der Waals surface area contributed by atoms with Crippen LogP contribution in [0.2, 0.25) is 0 Å². The summed E-state index contributed by atoms with van der Waals surface area (Å²) in [5.74, 6) is 1.23. The fourth-order valence-corrected chi connectivity index (χ4v) is 12.9. The molecule has 4 aliphatic rings. The van der Waals surface area contributed by atoms with Crippen LogP contribution in [0.15, 0.2) is 24.3 Å². The van der Waals surface area contributed by atoms with Gasteiger partial charge in [0.2, 0.25) is 0 Å². The van der Waals surface area contributed by atoms with Gasteiger partial charge in [-0.15, -0.1) is 0 Å². The molecule has 2 bridgehead atoms. The van der Waals surface area contributed by atoms with Crippen molar-refractivity contribution >= 4 is 41.4 Å². The van der Waals surface area contributed by atoms with Crippen molar-refractivity contribution in [3.63, 3.8) is 0 Å². The maximum absolute atomic E-state index is 12.6. The van der Waals surface area contributed by atoms with Gasteiger partial charge in [0.25, 0.3) is 0 Å². The minimum atomic E-state index is -1.34. The van der Waals surface area contributed by atoms with Crippen LogP contribution in [-0.2, 0) is 16.6 Å². The summed E-state index contributed by atoms with van der Waals surface area (Å²) in [6.45, 7) is 3.05. The van der Waals surface area contributed by atoms with Crippen molar-refractivity contribution in [2.45, 2.75) is 33.9 Å². The van der Waals surface area contributed by atoms with Crippen molar-refractivity contribution < 1.29 is 19.2 Å². The molecule has 1 aromatic rings. The molecule has 0 amide bonds. The molecule has 2 aliphatic heterocycles. The summed E-state index contributed by atoms with van der Waals surface area (Å²) >= 11 is -1.34. The Morgan fingerprint density at radius 1 is 1.43 bits per heavy atom.